The minimum absolute atomic E-state index is 0.506. The van der Waals surface area contributed by atoms with E-state index in [0.29, 0.717) is 11.3 Å². The molecule has 2 rings (SSSR count). The highest BCUT2D eigenvalue weighted by Crippen LogP contribution is 2.28. The monoisotopic (exact) mass is 224 g/mol. The molecule has 3 nitrogen and oxygen atoms in total. The second-order valence-corrected chi connectivity index (χ2v) is 4.91. The molecule has 0 radical (unpaired) electrons. The van der Waals surface area contributed by atoms with Crippen molar-refractivity contribution in [1.29, 1.82) is 0 Å². The molecule has 0 aliphatic carbocycles. The molecular formula is C11H16N2OS. The molecule has 0 saturated carbocycles. The first-order valence-electron chi connectivity index (χ1n) is 5.22. The van der Waals surface area contributed by atoms with Crippen LogP contribution in [0.1, 0.15) is 6.42 Å². The lowest BCUT2D eigenvalue weighted by Crippen LogP contribution is -2.43. The standard InChI is InChI=1S/C11H16N2OS/c1-12-10-4-7-14-8-11(10)15-9-2-5-13-6-3-9/h2-3,5-6,10-12H,4,7-8H2,1H3. The van der Waals surface area contributed by atoms with Gasteiger partial charge >= 0.3 is 0 Å². The van der Waals surface area contributed by atoms with Crippen LogP contribution in [0.4, 0.5) is 0 Å². The topological polar surface area (TPSA) is 34.1 Å². The molecular weight excluding hydrogens is 208 g/mol. The minimum atomic E-state index is 0.506. The van der Waals surface area contributed by atoms with Crippen LogP contribution in [-0.2, 0) is 4.74 Å². The molecule has 4 heteroatoms. The van der Waals surface area contributed by atoms with Gasteiger partial charge in [0.25, 0.3) is 0 Å². The van der Waals surface area contributed by atoms with Crippen molar-refractivity contribution in [2.45, 2.75) is 22.6 Å². The van der Waals surface area contributed by atoms with Gasteiger partial charge in [-0.25, -0.2) is 0 Å². The number of nitrogens with zero attached hydrogens (tertiary/aromatic N) is 1. The lowest BCUT2D eigenvalue weighted by Gasteiger charge is -2.30. The SMILES string of the molecule is CNC1CCOCC1Sc1ccncc1. The van der Waals surface area contributed by atoms with E-state index < -0.39 is 0 Å². The van der Waals surface area contributed by atoms with Gasteiger partial charge in [-0.3, -0.25) is 4.98 Å². The first-order valence-corrected chi connectivity index (χ1v) is 6.10. The van der Waals surface area contributed by atoms with E-state index >= 15 is 0 Å². The normalized spacial score (nSPS) is 26.5. The Morgan fingerprint density at radius 1 is 1.47 bits per heavy atom. The van der Waals surface area contributed by atoms with Crippen molar-refractivity contribution in [2.24, 2.45) is 0 Å². The Balaban J connectivity index is 1.97. The van der Waals surface area contributed by atoms with E-state index in [0.717, 1.165) is 19.6 Å². The molecule has 1 saturated heterocycles. The third-order valence-corrected chi connectivity index (χ3v) is 3.92. The van der Waals surface area contributed by atoms with Crippen molar-refractivity contribution in [3.63, 3.8) is 0 Å². The van der Waals surface area contributed by atoms with Crippen LogP contribution in [0.2, 0.25) is 0 Å². The van der Waals surface area contributed by atoms with Crippen molar-refractivity contribution < 1.29 is 4.74 Å². The largest absolute Gasteiger partial charge is 0.380 e. The minimum Gasteiger partial charge on any atom is -0.380 e. The van der Waals surface area contributed by atoms with Crippen molar-refractivity contribution >= 4 is 11.8 Å². The highest BCUT2D eigenvalue weighted by Gasteiger charge is 2.25. The number of rotatable bonds is 3. The fourth-order valence-corrected chi connectivity index (χ4v) is 2.98. The zero-order valence-corrected chi connectivity index (χ0v) is 9.67. The Labute approximate surface area is 94.6 Å². The fraction of sp³-hybridized carbons (Fsp3) is 0.545. The Kier molecular flexibility index (Phi) is 4.00. The fourth-order valence-electron chi connectivity index (χ4n) is 1.75. The van der Waals surface area contributed by atoms with Crippen LogP contribution in [-0.4, -0.2) is 36.5 Å². The van der Waals surface area contributed by atoms with E-state index in [1.54, 1.807) is 0 Å². The summed E-state index contributed by atoms with van der Waals surface area (Å²) >= 11 is 1.87. The first kappa shape index (κ1) is 10.9. The van der Waals surface area contributed by atoms with Crippen molar-refractivity contribution in [3.05, 3.63) is 24.5 Å². The van der Waals surface area contributed by atoms with Gasteiger partial charge in [0.15, 0.2) is 0 Å². The number of thioether (sulfide) groups is 1. The van der Waals surface area contributed by atoms with Crippen molar-refractivity contribution in [3.8, 4) is 0 Å². The zero-order chi connectivity index (χ0) is 10.5. The summed E-state index contributed by atoms with van der Waals surface area (Å²) in [5.41, 5.74) is 0. The van der Waals surface area contributed by atoms with E-state index in [1.807, 2.05) is 43.3 Å². The molecule has 1 aromatic heterocycles. The second-order valence-electron chi connectivity index (χ2n) is 3.60. The Hall–Kier alpha value is -0.580. The summed E-state index contributed by atoms with van der Waals surface area (Å²) in [5, 5.41) is 3.86. The Bertz CT molecular complexity index is 294. The smallest absolute Gasteiger partial charge is 0.0603 e. The lowest BCUT2D eigenvalue weighted by atomic mass is 10.1. The average Bonchev–Trinajstić information content (AvgIpc) is 2.31. The van der Waals surface area contributed by atoms with E-state index in [1.165, 1.54) is 4.90 Å². The van der Waals surface area contributed by atoms with Gasteiger partial charge in [0.2, 0.25) is 0 Å². The molecule has 82 valence electrons. The molecule has 2 unspecified atom stereocenters. The number of hydrogen-bond acceptors (Lipinski definition) is 4. The zero-order valence-electron chi connectivity index (χ0n) is 8.85. The van der Waals surface area contributed by atoms with Crippen LogP contribution >= 0.6 is 11.8 Å². The van der Waals surface area contributed by atoms with E-state index in [4.69, 9.17) is 4.74 Å². The number of hydrogen-bond donors (Lipinski definition) is 1. The maximum absolute atomic E-state index is 5.51. The van der Waals surface area contributed by atoms with Crippen LogP contribution in [0.3, 0.4) is 0 Å². The van der Waals surface area contributed by atoms with E-state index in [9.17, 15) is 0 Å². The molecule has 2 heterocycles. The van der Waals surface area contributed by atoms with Crippen LogP contribution in [0.15, 0.2) is 29.4 Å². The molecule has 2 atom stereocenters. The summed E-state index contributed by atoms with van der Waals surface area (Å²) < 4.78 is 5.51. The second kappa shape index (κ2) is 5.49. The van der Waals surface area contributed by atoms with E-state index in [2.05, 4.69) is 10.3 Å². The Morgan fingerprint density at radius 3 is 3.00 bits per heavy atom. The molecule has 0 aromatic carbocycles. The lowest BCUT2D eigenvalue weighted by molar-refractivity contribution is 0.0851. The summed E-state index contributed by atoms with van der Waals surface area (Å²) in [4.78, 5) is 5.28. The average molecular weight is 224 g/mol. The molecule has 1 aromatic rings. The highest BCUT2D eigenvalue weighted by molar-refractivity contribution is 8.00. The Morgan fingerprint density at radius 2 is 2.27 bits per heavy atom. The summed E-state index contributed by atoms with van der Waals surface area (Å²) in [5.74, 6) is 0. The maximum atomic E-state index is 5.51. The summed E-state index contributed by atoms with van der Waals surface area (Å²) in [6.45, 7) is 1.71. The van der Waals surface area contributed by atoms with Crippen molar-refractivity contribution in [1.82, 2.24) is 10.3 Å². The van der Waals surface area contributed by atoms with E-state index in [-0.39, 0.29) is 0 Å². The first-order chi connectivity index (χ1) is 7.40. The maximum Gasteiger partial charge on any atom is 0.0603 e. The van der Waals surface area contributed by atoms with Gasteiger partial charge in [-0.05, 0) is 25.6 Å². The quantitative estimate of drug-likeness (QED) is 0.844. The van der Waals surface area contributed by atoms with Crippen molar-refractivity contribution in [2.75, 3.05) is 20.3 Å². The van der Waals surface area contributed by atoms with Crippen LogP contribution in [0.25, 0.3) is 0 Å². The van der Waals surface area contributed by atoms with Crippen LogP contribution in [0.5, 0.6) is 0 Å². The summed E-state index contributed by atoms with van der Waals surface area (Å²) in [7, 11) is 2.02. The third-order valence-electron chi connectivity index (χ3n) is 2.61. The van der Waals surface area contributed by atoms with Gasteiger partial charge in [-0.15, -0.1) is 11.8 Å². The number of pyridine rings is 1. The third kappa shape index (κ3) is 2.93. The van der Waals surface area contributed by atoms with Gasteiger partial charge in [0.1, 0.15) is 0 Å². The molecule has 0 spiro atoms. The van der Waals surface area contributed by atoms with Gasteiger partial charge in [0, 0.05) is 35.2 Å². The summed E-state index contributed by atoms with van der Waals surface area (Å²) in [6.07, 6.45) is 4.76. The molecule has 0 amide bonds. The van der Waals surface area contributed by atoms with Gasteiger partial charge < -0.3 is 10.1 Å². The molecule has 15 heavy (non-hydrogen) atoms. The van der Waals surface area contributed by atoms with Crippen LogP contribution < -0.4 is 5.32 Å². The predicted molar refractivity (Wildman–Crippen MR) is 62.2 cm³/mol. The number of aromatic nitrogens is 1. The number of ether oxygens (including phenoxy) is 1. The van der Waals surface area contributed by atoms with Gasteiger partial charge in [0.05, 0.1) is 6.61 Å². The summed E-state index contributed by atoms with van der Waals surface area (Å²) in [6, 6.07) is 4.65. The van der Waals surface area contributed by atoms with Crippen LogP contribution in [0, 0.1) is 0 Å². The molecule has 1 N–H and O–H groups in total. The molecule has 1 fully saturated rings. The number of nitrogens with one attached hydrogen (secondary N) is 1. The molecule has 0 bridgehead atoms. The molecule has 1 aliphatic rings. The predicted octanol–water partition coefficient (Wildman–Crippen LogP) is 1.55. The highest BCUT2D eigenvalue weighted by atomic mass is 32.2. The van der Waals surface area contributed by atoms with Gasteiger partial charge in [-0.2, -0.15) is 0 Å². The van der Waals surface area contributed by atoms with Gasteiger partial charge in [-0.1, -0.05) is 0 Å². The molecule has 1 aliphatic heterocycles.